The second kappa shape index (κ2) is 9.21. The van der Waals surface area contributed by atoms with Crippen LogP contribution < -0.4 is 24.3 Å². The quantitative estimate of drug-likeness (QED) is 0.591. The minimum atomic E-state index is -0.575. The Morgan fingerprint density at radius 2 is 1.57 bits per heavy atom. The third-order valence-electron chi connectivity index (χ3n) is 4.46. The molecule has 0 saturated heterocycles. The van der Waals surface area contributed by atoms with Crippen molar-refractivity contribution in [3.8, 4) is 23.0 Å². The second-order valence-corrected chi connectivity index (χ2v) is 6.26. The monoisotopic (exact) mass is 415 g/mol. The zero-order valence-corrected chi connectivity index (χ0v) is 17.1. The van der Waals surface area contributed by atoms with Crippen molar-refractivity contribution in [2.45, 2.75) is 6.42 Å². The highest BCUT2D eigenvalue weighted by Crippen LogP contribution is 2.36. The first-order valence-corrected chi connectivity index (χ1v) is 9.01. The van der Waals surface area contributed by atoms with E-state index in [1.54, 1.807) is 45.6 Å². The summed E-state index contributed by atoms with van der Waals surface area (Å²) in [7, 11) is 6.02. The molecule has 3 rings (SSSR count). The average molecular weight is 415 g/mol. The smallest absolute Gasteiger partial charge is 0.291 e. The van der Waals surface area contributed by atoms with Gasteiger partial charge < -0.3 is 28.7 Å². The number of anilines is 1. The zero-order valence-electron chi connectivity index (χ0n) is 17.1. The summed E-state index contributed by atoms with van der Waals surface area (Å²) in [5, 5.41) is 2.59. The van der Waals surface area contributed by atoms with Gasteiger partial charge in [-0.25, -0.2) is 4.39 Å². The predicted molar refractivity (Wildman–Crippen MR) is 109 cm³/mol. The molecule has 0 aliphatic heterocycles. The number of furan rings is 1. The zero-order chi connectivity index (χ0) is 21.7. The van der Waals surface area contributed by atoms with E-state index in [1.165, 1.54) is 25.3 Å². The average Bonchev–Trinajstić information content (AvgIpc) is 3.22. The number of halogens is 1. The van der Waals surface area contributed by atoms with Crippen molar-refractivity contribution in [2.24, 2.45) is 0 Å². The fourth-order valence-electron chi connectivity index (χ4n) is 2.96. The maximum Gasteiger partial charge on any atom is 0.291 e. The van der Waals surface area contributed by atoms with Crippen LogP contribution in [0.25, 0.3) is 0 Å². The van der Waals surface area contributed by atoms with Gasteiger partial charge in [0.15, 0.2) is 17.3 Å². The Morgan fingerprint density at radius 1 is 0.900 bits per heavy atom. The lowest BCUT2D eigenvalue weighted by molar-refractivity contribution is 0.0995. The van der Waals surface area contributed by atoms with E-state index in [-0.39, 0.29) is 17.2 Å². The number of amides is 1. The standard InChI is InChI=1S/C22H22FNO6/c1-26-15-11-20(28-3)16(21(12-15)29-4)10-14-6-8-19(30-14)22(25)24-13-5-7-18(27-2)17(23)9-13/h5-9,11-12H,10H2,1-4H3,(H,24,25). The largest absolute Gasteiger partial charge is 0.496 e. The van der Waals surface area contributed by atoms with Crippen molar-refractivity contribution in [3.63, 3.8) is 0 Å². The lowest BCUT2D eigenvalue weighted by atomic mass is 10.1. The number of rotatable bonds is 8. The van der Waals surface area contributed by atoms with E-state index in [0.717, 1.165) is 5.56 Å². The number of methoxy groups -OCH3 is 4. The molecule has 1 N–H and O–H groups in total. The summed E-state index contributed by atoms with van der Waals surface area (Å²) in [5.74, 6) is 1.38. The van der Waals surface area contributed by atoms with Crippen molar-refractivity contribution in [2.75, 3.05) is 33.8 Å². The third kappa shape index (κ3) is 4.48. The van der Waals surface area contributed by atoms with Crippen LogP contribution in [0.4, 0.5) is 10.1 Å². The van der Waals surface area contributed by atoms with E-state index in [1.807, 2.05) is 0 Å². The van der Waals surface area contributed by atoms with E-state index < -0.39 is 11.7 Å². The molecule has 7 nitrogen and oxygen atoms in total. The summed E-state index contributed by atoms with van der Waals surface area (Å²) in [6, 6.07) is 10.9. The molecule has 0 aliphatic rings. The molecule has 1 heterocycles. The summed E-state index contributed by atoms with van der Waals surface area (Å²) >= 11 is 0. The Hall–Kier alpha value is -3.68. The molecule has 158 valence electrons. The van der Waals surface area contributed by atoms with Crippen LogP contribution in [0.1, 0.15) is 21.9 Å². The summed E-state index contributed by atoms with van der Waals surface area (Å²) in [6.07, 6.45) is 0.334. The number of carbonyl (C=O) groups is 1. The first-order chi connectivity index (χ1) is 14.5. The van der Waals surface area contributed by atoms with E-state index in [4.69, 9.17) is 23.4 Å². The Bertz CT molecular complexity index is 1020. The van der Waals surface area contributed by atoms with Crippen LogP contribution >= 0.6 is 0 Å². The molecule has 8 heteroatoms. The fourth-order valence-corrected chi connectivity index (χ4v) is 2.96. The third-order valence-corrected chi connectivity index (χ3v) is 4.46. The molecular formula is C22H22FNO6. The van der Waals surface area contributed by atoms with Gasteiger partial charge in [-0.1, -0.05) is 0 Å². The number of benzene rings is 2. The molecule has 0 bridgehead atoms. The van der Waals surface area contributed by atoms with Crippen LogP contribution in [0.15, 0.2) is 46.9 Å². The molecule has 30 heavy (non-hydrogen) atoms. The fraction of sp³-hybridized carbons (Fsp3) is 0.227. The van der Waals surface area contributed by atoms with Crippen molar-refractivity contribution < 1.29 is 32.5 Å². The van der Waals surface area contributed by atoms with Gasteiger partial charge in [0.25, 0.3) is 5.91 Å². The van der Waals surface area contributed by atoms with Gasteiger partial charge in [-0.2, -0.15) is 0 Å². The van der Waals surface area contributed by atoms with Gasteiger partial charge in [-0.05, 0) is 24.3 Å². The molecule has 0 radical (unpaired) electrons. The second-order valence-electron chi connectivity index (χ2n) is 6.26. The predicted octanol–water partition coefficient (Wildman–Crippen LogP) is 4.30. The van der Waals surface area contributed by atoms with Gasteiger partial charge in [0, 0.05) is 35.9 Å². The Kier molecular flexibility index (Phi) is 6.46. The molecule has 1 aromatic heterocycles. The molecule has 0 aliphatic carbocycles. The lowest BCUT2D eigenvalue weighted by Crippen LogP contribution is -2.11. The van der Waals surface area contributed by atoms with Gasteiger partial charge in [0.05, 0.1) is 28.4 Å². The van der Waals surface area contributed by atoms with Crippen molar-refractivity contribution >= 4 is 11.6 Å². The number of hydrogen-bond acceptors (Lipinski definition) is 6. The first kappa shape index (κ1) is 21.0. The first-order valence-electron chi connectivity index (χ1n) is 9.01. The minimum Gasteiger partial charge on any atom is -0.496 e. The molecule has 0 saturated carbocycles. The molecule has 3 aromatic rings. The van der Waals surface area contributed by atoms with E-state index >= 15 is 0 Å². The Labute approximate surface area is 173 Å². The highest BCUT2D eigenvalue weighted by molar-refractivity contribution is 6.02. The minimum absolute atomic E-state index is 0.0904. The number of nitrogens with one attached hydrogen (secondary N) is 1. The molecular weight excluding hydrogens is 393 g/mol. The van der Waals surface area contributed by atoms with E-state index in [9.17, 15) is 9.18 Å². The van der Waals surface area contributed by atoms with Crippen molar-refractivity contribution in [3.05, 3.63) is 65.4 Å². The lowest BCUT2D eigenvalue weighted by Gasteiger charge is -2.14. The molecule has 0 fully saturated rings. The number of ether oxygens (including phenoxy) is 4. The van der Waals surface area contributed by atoms with Gasteiger partial charge >= 0.3 is 0 Å². The normalized spacial score (nSPS) is 10.4. The van der Waals surface area contributed by atoms with Gasteiger partial charge in [-0.3, -0.25) is 4.79 Å². The molecule has 1 amide bonds. The van der Waals surface area contributed by atoms with E-state index in [2.05, 4.69) is 5.32 Å². The highest BCUT2D eigenvalue weighted by Gasteiger charge is 2.18. The van der Waals surface area contributed by atoms with Crippen LogP contribution in [0.3, 0.4) is 0 Å². The topological polar surface area (TPSA) is 79.2 Å². The van der Waals surface area contributed by atoms with Crippen LogP contribution in [-0.2, 0) is 6.42 Å². The molecule has 2 aromatic carbocycles. The molecule has 0 spiro atoms. The summed E-state index contributed by atoms with van der Waals surface area (Å²) < 4.78 is 40.5. The van der Waals surface area contributed by atoms with Gasteiger partial charge in [-0.15, -0.1) is 0 Å². The van der Waals surface area contributed by atoms with Crippen molar-refractivity contribution in [1.82, 2.24) is 0 Å². The summed E-state index contributed by atoms with van der Waals surface area (Å²) in [6.45, 7) is 0. The summed E-state index contributed by atoms with van der Waals surface area (Å²) in [5.41, 5.74) is 1.04. The van der Waals surface area contributed by atoms with Crippen molar-refractivity contribution in [1.29, 1.82) is 0 Å². The van der Waals surface area contributed by atoms with Crippen LogP contribution in [0.5, 0.6) is 23.0 Å². The molecule has 0 atom stereocenters. The van der Waals surface area contributed by atoms with Crippen LogP contribution in [0, 0.1) is 5.82 Å². The van der Waals surface area contributed by atoms with Gasteiger partial charge in [0.2, 0.25) is 0 Å². The van der Waals surface area contributed by atoms with Gasteiger partial charge in [0.1, 0.15) is 23.0 Å². The highest BCUT2D eigenvalue weighted by atomic mass is 19.1. The Morgan fingerprint density at radius 3 is 2.13 bits per heavy atom. The SMILES string of the molecule is COc1cc(OC)c(Cc2ccc(C(=O)Nc3ccc(OC)c(F)c3)o2)c(OC)c1. The maximum atomic E-state index is 13.8. The number of carbonyl (C=O) groups excluding carboxylic acids is 1. The number of hydrogen-bond donors (Lipinski definition) is 1. The molecule has 0 unspecified atom stereocenters. The Balaban J connectivity index is 1.78. The van der Waals surface area contributed by atoms with Crippen LogP contribution in [0.2, 0.25) is 0 Å². The summed E-state index contributed by atoms with van der Waals surface area (Å²) in [4.78, 5) is 12.5. The maximum absolute atomic E-state index is 13.8. The van der Waals surface area contributed by atoms with E-state index in [0.29, 0.717) is 29.4 Å². The van der Waals surface area contributed by atoms with Crippen LogP contribution in [-0.4, -0.2) is 34.3 Å².